The molecule has 1 aliphatic rings. The average molecular weight is 545 g/mol. The monoisotopic (exact) mass is 544 g/mol. The van der Waals surface area contributed by atoms with Gasteiger partial charge in [0.25, 0.3) is 0 Å². The molecule has 4 aromatic rings. The summed E-state index contributed by atoms with van der Waals surface area (Å²) in [5.41, 5.74) is 1.86. The fourth-order valence-corrected chi connectivity index (χ4v) is 4.62. The highest BCUT2D eigenvalue weighted by atomic mass is 16.6. The molecule has 2 amide bonds. The third-order valence-electron chi connectivity index (χ3n) is 6.80. The third kappa shape index (κ3) is 6.06. The van der Waals surface area contributed by atoms with E-state index < -0.39 is 12.1 Å². The predicted molar refractivity (Wildman–Crippen MR) is 148 cm³/mol. The molecule has 1 saturated heterocycles. The molecular formula is C28H32N8O4. The van der Waals surface area contributed by atoms with E-state index >= 15 is 0 Å². The van der Waals surface area contributed by atoms with Gasteiger partial charge in [-0.25, -0.2) is 14.8 Å². The molecule has 4 heterocycles. The van der Waals surface area contributed by atoms with Crippen LogP contribution in [0.4, 0.5) is 10.6 Å². The van der Waals surface area contributed by atoms with E-state index in [-0.39, 0.29) is 12.5 Å². The maximum absolute atomic E-state index is 13.6. The standard InChI is InChI=1S/C28H32N8O4/c1-20-17-25(32-27(31-20)35-14-12-29-19-35)36-16-15-34(28(38)40-23-8-6-22(39-3)7-9-23)18-24(36)26(37)30-11-10-21-5-4-13-33(21)2/h4-9,12-14,17,19,24H,10-11,15-16,18H2,1-3H3,(H,30,37). The van der Waals surface area contributed by atoms with Gasteiger partial charge in [-0.1, -0.05) is 0 Å². The van der Waals surface area contributed by atoms with E-state index in [1.54, 1.807) is 59.6 Å². The Morgan fingerprint density at radius 2 is 1.88 bits per heavy atom. The molecule has 1 aliphatic heterocycles. The van der Waals surface area contributed by atoms with Gasteiger partial charge in [0.1, 0.15) is 29.7 Å². The number of carbonyl (C=O) groups is 2. The average Bonchev–Trinajstić information content (AvgIpc) is 3.65. The molecule has 1 fully saturated rings. The lowest BCUT2D eigenvalue weighted by atomic mass is 10.1. The second kappa shape index (κ2) is 11.9. The van der Waals surface area contributed by atoms with Crippen molar-refractivity contribution in [2.45, 2.75) is 19.4 Å². The number of aryl methyl sites for hydroxylation is 2. The van der Waals surface area contributed by atoms with Crippen molar-refractivity contribution >= 4 is 17.8 Å². The number of benzene rings is 1. The molecule has 0 saturated carbocycles. The van der Waals surface area contributed by atoms with Gasteiger partial charge >= 0.3 is 6.09 Å². The number of hydrogen-bond donors (Lipinski definition) is 1. The van der Waals surface area contributed by atoms with Crippen molar-refractivity contribution in [3.8, 4) is 17.4 Å². The number of ether oxygens (including phenoxy) is 2. The number of piperazine rings is 1. The topological polar surface area (TPSA) is 120 Å². The normalized spacial score (nSPS) is 15.1. The van der Waals surface area contributed by atoms with E-state index in [4.69, 9.17) is 14.5 Å². The second-order valence-corrected chi connectivity index (χ2v) is 9.49. The zero-order valence-electron chi connectivity index (χ0n) is 22.7. The summed E-state index contributed by atoms with van der Waals surface area (Å²) in [6.45, 7) is 3.21. The van der Waals surface area contributed by atoms with Crippen molar-refractivity contribution in [1.82, 2.24) is 34.3 Å². The maximum Gasteiger partial charge on any atom is 0.415 e. The smallest absolute Gasteiger partial charge is 0.415 e. The maximum atomic E-state index is 13.6. The molecule has 12 heteroatoms. The first-order valence-corrected chi connectivity index (χ1v) is 13.0. The Hall–Kier alpha value is -4.87. The minimum atomic E-state index is -0.685. The minimum absolute atomic E-state index is 0.133. The Kier molecular flexibility index (Phi) is 7.94. The summed E-state index contributed by atoms with van der Waals surface area (Å²) < 4.78 is 14.5. The molecule has 12 nitrogen and oxygen atoms in total. The summed E-state index contributed by atoms with van der Waals surface area (Å²) in [4.78, 5) is 43.5. The van der Waals surface area contributed by atoms with Gasteiger partial charge in [-0.05, 0) is 43.3 Å². The summed E-state index contributed by atoms with van der Waals surface area (Å²) in [5, 5.41) is 3.05. The molecule has 0 spiro atoms. The summed E-state index contributed by atoms with van der Waals surface area (Å²) in [6, 6.07) is 11.9. The molecule has 5 rings (SSSR count). The van der Waals surface area contributed by atoms with Crippen LogP contribution in [0.15, 0.2) is 67.4 Å². The lowest BCUT2D eigenvalue weighted by Crippen LogP contribution is -2.61. The molecule has 1 atom stereocenters. The highest BCUT2D eigenvalue weighted by Gasteiger charge is 2.36. The van der Waals surface area contributed by atoms with Gasteiger partial charge in [0.05, 0.1) is 13.7 Å². The largest absolute Gasteiger partial charge is 0.497 e. The fourth-order valence-electron chi connectivity index (χ4n) is 4.62. The molecule has 1 unspecified atom stereocenters. The van der Waals surface area contributed by atoms with Crippen LogP contribution >= 0.6 is 0 Å². The van der Waals surface area contributed by atoms with E-state index in [0.29, 0.717) is 49.3 Å². The van der Waals surface area contributed by atoms with Crippen molar-refractivity contribution in [1.29, 1.82) is 0 Å². The number of nitrogens with zero attached hydrogens (tertiary/aromatic N) is 7. The SMILES string of the molecule is COc1ccc(OC(=O)N2CCN(c3cc(C)nc(-n4ccnc4)n3)C(C(=O)NCCc3cccn3C)C2)cc1. The van der Waals surface area contributed by atoms with E-state index in [9.17, 15) is 9.59 Å². The van der Waals surface area contributed by atoms with Crippen LogP contribution in [0.2, 0.25) is 0 Å². The number of anilines is 1. The number of amides is 2. The zero-order chi connectivity index (χ0) is 28.1. The molecule has 0 bridgehead atoms. The van der Waals surface area contributed by atoms with E-state index in [1.807, 2.05) is 47.8 Å². The van der Waals surface area contributed by atoms with Crippen LogP contribution in [0, 0.1) is 6.92 Å². The quantitative estimate of drug-likeness (QED) is 0.359. The lowest BCUT2D eigenvalue weighted by Gasteiger charge is -2.40. The molecule has 40 heavy (non-hydrogen) atoms. The van der Waals surface area contributed by atoms with E-state index in [0.717, 1.165) is 11.4 Å². The van der Waals surface area contributed by atoms with Crippen LogP contribution in [-0.2, 0) is 18.3 Å². The van der Waals surface area contributed by atoms with Gasteiger partial charge in [-0.3, -0.25) is 9.36 Å². The van der Waals surface area contributed by atoms with Crippen molar-refractivity contribution in [2.24, 2.45) is 7.05 Å². The first-order valence-electron chi connectivity index (χ1n) is 13.0. The summed E-state index contributed by atoms with van der Waals surface area (Å²) >= 11 is 0. The van der Waals surface area contributed by atoms with Gasteiger partial charge in [-0.15, -0.1) is 0 Å². The molecule has 0 aliphatic carbocycles. The third-order valence-corrected chi connectivity index (χ3v) is 6.80. The Morgan fingerprint density at radius 1 is 1.07 bits per heavy atom. The Balaban J connectivity index is 1.35. The van der Waals surface area contributed by atoms with Crippen molar-refractivity contribution in [2.75, 3.05) is 38.2 Å². The fraction of sp³-hybridized carbons (Fsp3) is 0.321. The molecule has 208 valence electrons. The van der Waals surface area contributed by atoms with Crippen LogP contribution in [0.1, 0.15) is 11.4 Å². The Labute approximate surface area is 232 Å². The second-order valence-electron chi connectivity index (χ2n) is 9.49. The minimum Gasteiger partial charge on any atom is -0.497 e. The first-order chi connectivity index (χ1) is 19.4. The number of rotatable bonds is 8. The first kappa shape index (κ1) is 26.7. The van der Waals surface area contributed by atoms with Crippen LogP contribution in [-0.4, -0.2) is 80.3 Å². The number of carbonyl (C=O) groups excluding carboxylic acids is 2. The van der Waals surface area contributed by atoms with Crippen molar-refractivity contribution in [3.05, 3.63) is 78.8 Å². The van der Waals surface area contributed by atoms with Gasteiger partial charge in [0.2, 0.25) is 11.9 Å². The van der Waals surface area contributed by atoms with Crippen LogP contribution in [0.3, 0.4) is 0 Å². The number of methoxy groups -OCH3 is 1. The summed E-state index contributed by atoms with van der Waals surface area (Å²) in [5.74, 6) is 1.92. The predicted octanol–water partition coefficient (Wildman–Crippen LogP) is 2.37. The van der Waals surface area contributed by atoms with E-state index in [1.165, 1.54) is 0 Å². The zero-order valence-corrected chi connectivity index (χ0v) is 22.7. The number of hydrogen-bond acceptors (Lipinski definition) is 8. The van der Waals surface area contributed by atoms with Gasteiger partial charge in [0.15, 0.2) is 0 Å². The van der Waals surface area contributed by atoms with Crippen molar-refractivity contribution in [3.63, 3.8) is 0 Å². The lowest BCUT2D eigenvalue weighted by molar-refractivity contribution is -0.123. The van der Waals surface area contributed by atoms with Crippen LogP contribution in [0.25, 0.3) is 5.95 Å². The van der Waals surface area contributed by atoms with E-state index in [2.05, 4.69) is 15.3 Å². The van der Waals surface area contributed by atoms with Gasteiger partial charge in [0, 0.05) is 69.1 Å². The molecule has 1 N–H and O–H groups in total. The molecule has 0 radical (unpaired) electrons. The van der Waals surface area contributed by atoms with Crippen LogP contribution in [0.5, 0.6) is 11.5 Å². The van der Waals surface area contributed by atoms with Gasteiger partial charge in [-0.2, -0.15) is 4.98 Å². The number of imidazole rings is 1. The molecule has 1 aromatic carbocycles. The number of nitrogens with one attached hydrogen (secondary N) is 1. The van der Waals surface area contributed by atoms with Crippen LogP contribution < -0.4 is 19.7 Å². The Bertz CT molecular complexity index is 1450. The highest BCUT2D eigenvalue weighted by Crippen LogP contribution is 2.23. The summed E-state index contributed by atoms with van der Waals surface area (Å²) in [7, 11) is 3.55. The summed E-state index contributed by atoms with van der Waals surface area (Å²) in [6.07, 6.45) is 7.18. The highest BCUT2D eigenvalue weighted by molar-refractivity contribution is 5.86. The molecule has 3 aromatic heterocycles. The Morgan fingerprint density at radius 3 is 2.58 bits per heavy atom. The molecular weight excluding hydrogens is 512 g/mol. The van der Waals surface area contributed by atoms with Gasteiger partial charge < -0.3 is 29.2 Å². The van der Waals surface area contributed by atoms with Crippen molar-refractivity contribution < 1.29 is 19.1 Å². The number of aromatic nitrogens is 5.